The molecule has 29 heavy (non-hydrogen) atoms. The Morgan fingerprint density at radius 2 is 2.07 bits per heavy atom. The molecule has 2 aromatic carbocycles. The third-order valence-electron chi connectivity index (χ3n) is 4.61. The number of hydrogen-bond donors (Lipinski definition) is 3. The van der Waals surface area contributed by atoms with Crippen LogP contribution in [0.4, 0.5) is 15.1 Å². The molecule has 0 aliphatic carbocycles. The molecule has 9 heteroatoms. The Morgan fingerprint density at radius 3 is 2.86 bits per heavy atom. The zero-order valence-electron chi connectivity index (χ0n) is 15.7. The van der Waals surface area contributed by atoms with E-state index in [-0.39, 0.29) is 12.1 Å². The lowest BCUT2D eigenvalue weighted by molar-refractivity contribution is 0.118. The summed E-state index contributed by atoms with van der Waals surface area (Å²) >= 11 is 0. The summed E-state index contributed by atoms with van der Waals surface area (Å²) in [6.45, 7) is 3.72. The molecule has 0 spiro atoms. The number of H-pyrrole nitrogens is 2. The molecule has 0 aliphatic heterocycles. The summed E-state index contributed by atoms with van der Waals surface area (Å²) < 4.78 is 18.9. The first-order chi connectivity index (χ1) is 13.9. The van der Waals surface area contributed by atoms with Crippen LogP contribution in [0.5, 0.6) is 0 Å². The number of anilines is 1. The van der Waals surface area contributed by atoms with E-state index in [4.69, 9.17) is 4.74 Å². The normalized spacial score (nSPS) is 12.2. The van der Waals surface area contributed by atoms with E-state index in [9.17, 15) is 14.0 Å². The number of imidazole rings is 1. The van der Waals surface area contributed by atoms with Gasteiger partial charge in [-0.05, 0) is 43.7 Å². The molecule has 3 N–H and O–H groups in total. The van der Waals surface area contributed by atoms with Crippen LogP contribution >= 0.6 is 0 Å². The molecular formula is C20H18FN5O3. The average Bonchev–Trinajstić information content (AvgIpc) is 3.09. The molecule has 0 saturated carbocycles. The quantitative estimate of drug-likeness (QED) is 0.484. The number of amides is 1. The van der Waals surface area contributed by atoms with Crippen molar-refractivity contribution < 1.29 is 13.9 Å². The second kappa shape index (κ2) is 7.34. The van der Waals surface area contributed by atoms with Crippen LogP contribution in [0.25, 0.3) is 33.1 Å². The van der Waals surface area contributed by atoms with Gasteiger partial charge in [0, 0.05) is 10.9 Å². The van der Waals surface area contributed by atoms with Gasteiger partial charge in [0.25, 0.3) is 5.56 Å². The average molecular weight is 395 g/mol. The van der Waals surface area contributed by atoms with Crippen LogP contribution in [0, 0.1) is 5.82 Å². The van der Waals surface area contributed by atoms with Crippen LogP contribution in [0.3, 0.4) is 0 Å². The van der Waals surface area contributed by atoms with Crippen LogP contribution in [-0.2, 0) is 4.74 Å². The van der Waals surface area contributed by atoms with Crippen LogP contribution in [0.1, 0.15) is 20.3 Å². The molecule has 1 amide bonds. The molecule has 0 aliphatic rings. The molecule has 0 bridgehead atoms. The first kappa shape index (κ1) is 18.6. The molecule has 4 rings (SSSR count). The molecule has 4 aromatic rings. The Bertz CT molecular complexity index is 1280. The fourth-order valence-electron chi connectivity index (χ4n) is 2.97. The van der Waals surface area contributed by atoms with E-state index in [1.54, 1.807) is 25.1 Å². The highest BCUT2D eigenvalue weighted by atomic mass is 19.1. The van der Waals surface area contributed by atoms with Crippen LogP contribution in [0.15, 0.2) is 41.2 Å². The van der Waals surface area contributed by atoms with Gasteiger partial charge in [0.2, 0.25) is 5.95 Å². The summed E-state index contributed by atoms with van der Waals surface area (Å²) in [6.07, 6.45) is -0.0918. The number of fused-ring (bicyclic) bond motifs is 2. The summed E-state index contributed by atoms with van der Waals surface area (Å²) in [5.41, 5.74) is 1.95. The van der Waals surface area contributed by atoms with Crippen molar-refractivity contribution >= 4 is 33.8 Å². The zero-order valence-corrected chi connectivity index (χ0v) is 15.7. The summed E-state index contributed by atoms with van der Waals surface area (Å²) in [7, 11) is 0. The first-order valence-electron chi connectivity index (χ1n) is 9.10. The molecule has 0 fully saturated rings. The van der Waals surface area contributed by atoms with Gasteiger partial charge < -0.3 is 9.72 Å². The highest BCUT2D eigenvalue weighted by Gasteiger charge is 2.13. The van der Waals surface area contributed by atoms with E-state index < -0.39 is 17.5 Å². The molecule has 0 saturated heterocycles. The van der Waals surface area contributed by atoms with Crippen LogP contribution < -0.4 is 10.9 Å². The standard InChI is InChI=1S/C20H18FN5O3/c1-3-10(2)29-20(28)24-19-22-15-7-4-11(8-16(15)23-19)17-14-9-12(21)5-6-13(14)18(27)26-25-17/h4-10H,3H2,1-2H3,(H,26,27)(H2,22,23,24,28). The van der Waals surface area contributed by atoms with Crippen LogP contribution in [-0.4, -0.2) is 32.4 Å². The third-order valence-corrected chi connectivity index (χ3v) is 4.61. The molecule has 2 aromatic heterocycles. The van der Waals surface area contributed by atoms with E-state index in [2.05, 4.69) is 25.5 Å². The lowest BCUT2D eigenvalue weighted by Gasteiger charge is -2.10. The van der Waals surface area contributed by atoms with E-state index in [0.29, 0.717) is 39.5 Å². The van der Waals surface area contributed by atoms with Crippen molar-refractivity contribution in [2.75, 3.05) is 5.32 Å². The number of aromatic amines is 2. The Hall–Kier alpha value is -3.75. The maximum atomic E-state index is 13.7. The van der Waals surface area contributed by atoms with Crippen molar-refractivity contribution in [2.45, 2.75) is 26.4 Å². The summed E-state index contributed by atoms with van der Waals surface area (Å²) in [5.74, 6) is -0.212. The van der Waals surface area contributed by atoms with Gasteiger partial charge >= 0.3 is 6.09 Å². The molecule has 8 nitrogen and oxygen atoms in total. The SMILES string of the molecule is CCC(C)OC(=O)Nc1nc2ccc(-c3n[nH]c(=O)c4ccc(F)cc34)cc2[nH]1. The minimum Gasteiger partial charge on any atom is -0.446 e. The van der Waals surface area contributed by atoms with Gasteiger partial charge in [-0.1, -0.05) is 13.0 Å². The summed E-state index contributed by atoms with van der Waals surface area (Å²) in [5, 5.41) is 9.84. The topological polar surface area (TPSA) is 113 Å². The fourth-order valence-corrected chi connectivity index (χ4v) is 2.97. The van der Waals surface area contributed by atoms with Crippen molar-refractivity contribution in [2.24, 2.45) is 0 Å². The van der Waals surface area contributed by atoms with Crippen molar-refractivity contribution in [1.29, 1.82) is 0 Å². The maximum Gasteiger partial charge on any atom is 0.414 e. The Morgan fingerprint density at radius 1 is 1.24 bits per heavy atom. The van der Waals surface area contributed by atoms with Crippen molar-refractivity contribution in [3.05, 3.63) is 52.6 Å². The van der Waals surface area contributed by atoms with Gasteiger partial charge in [0.1, 0.15) is 11.9 Å². The number of benzene rings is 2. The minimum atomic E-state index is -0.595. The summed E-state index contributed by atoms with van der Waals surface area (Å²) in [4.78, 5) is 31.2. The molecule has 148 valence electrons. The van der Waals surface area contributed by atoms with Crippen molar-refractivity contribution in [3.63, 3.8) is 0 Å². The summed E-state index contributed by atoms with van der Waals surface area (Å²) in [6, 6.07) is 9.20. The Kier molecular flexibility index (Phi) is 4.71. The van der Waals surface area contributed by atoms with E-state index >= 15 is 0 Å². The molecule has 2 heterocycles. The van der Waals surface area contributed by atoms with Gasteiger partial charge in [0.15, 0.2) is 0 Å². The number of halogens is 1. The number of rotatable bonds is 4. The maximum absolute atomic E-state index is 13.7. The number of nitrogens with zero attached hydrogens (tertiary/aromatic N) is 2. The second-order valence-corrected chi connectivity index (χ2v) is 6.66. The van der Waals surface area contributed by atoms with E-state index in [1.807, 2.05) is 6.92 Å². The Labute approximate surface area is 164 Å². The van der Waals surface area contributed by atoms with E-state index in [1.165, 1.54) is 18.2 Å². The first-order valence-corrected chi connectivity index (χ1v) is 9.10. The smallest absolute Gasteiger partial charge is 0.414 e. The van der Waals surface area contributed by atoms with Gasteiger partial charge in [-0.2, -0.15) is 5.10 Å². The van der Waals surface area contributed by atoms with Gasteiger partial charge in [-0.3, -0.25) is 10.1 Å². The molecule has 1 atom stereocenters. The van der Waals surface area contributed by atoms with Crippen LogP contribution in [0.2, 0.25) is 0 Å². The molecular weight excluding hydrogens is 377 g/mol. The lowest BCUT2D eigenvalue weighted by Crippen LogP contribution is -2.20. The fraction of sp³-hybridized carbons (Fsp3) is 0.200. The van der Waals surface area contributed by atoms with Gasteiger partial charge in [-0.25, -0.2) is 19.3 Å². The number of nitrogens with one attached hydrogen (secondary N) is 3. The predicted molar refractivity (Wildman–Crippen MR) is 107 cm³/mol. The largest absolute Gasteiger partial charge is 0.446 e. The number of aromatic nitrogens is 4. The monoisotopic (exact) mass is 395 g/mol. The second-order valence-electron chi connectivity index (χ2n) is 6.66. The minimum absolute atomic E-state index is 0.203. The van der Waals surface area contributed by atoms with Crippen molar-refractivity contribution in [1.82, 2.24) is 20.2 Å². The zero-order chi connectivity index (χ0) is 20.5. The number of ether oxygens (including phenoxy) is 1. The molecule has 0 radical (unpaired) electrons. The van der Waals surface area contributed by atoms with Crippen molar-refractivity contribution in [3.8, 4) is 11.3 Å². The van der Waals surface area contributed by atoms with E-state index in [0.717, 1.165) is 0 Å². The third kappa shape index (κ3) is 3.66. The predicted octanol–water partition coefficient (Wildman–Crippen LogP) is 3.95. The number of hydrogen-bond acceptors (Lipinski definition) is 5. The highest BCUT2D eigenvalue weighted by Crippen LogP contribution is 2.27. The van der Waals surface area contributed by atoms with Gasteiger partial charge in [-0.15, -0.1) is 0 Å². The lowest BCUT2D eigenvalue weighted by atomic mass is 10.0. The number of carbonyl (C=O) groups excluding carboxylic acids is 1. The van der Waals surface area contributed by atoms with Gasteiger partial charge in [0.05, 0.1) is 22.1 Å². The molecule has 1 unspecified atom stereocenters. The highest BCUT2D eigenvalue weighted by molar-refractivity contribution is 5.96. The Balaban J connectivity index is 1.71. The number of carbonyl (C=O) groups is 1.